The summed E-state index contributed by atoms with van der Waals surface area (Å²) in [5, 5.41) is 4.51. The van der Waals surface area contributed by atoms with E-state index in [0.29, 0.717) is 16.6 Å². The van der Waals surface area contributed by atoms with E-state index < -0.39 is 0 Å². The summed E-state index contributed by atoms with van der Waals surface area (Å²) >= 11 is 12.0. The lowest BCUT2D eigenvalue weighted by molar-refractivity contribution is 0.234. The zero-order valence-electron chi connectivity index (χ0n) is 11.9. The highest BCUT2D eigenvalue weighted by Gasteiger charge is 2.06. The summed E-state index contributed by atoms with van der Waals surface area (Å²) in [6.07, 6.45) is -0.0200. The quantitative estimate of drug-likeness (QED) is 0.820. The maximum atomic E-state index is 6.10. The molecule has 2 aromatic rings. The van der Waals surface area contributed by atoms with Crippen LogP contribution in [-0.2, 0) is 0 Å². The lowest BCUT2D eigenvalue weighted by Crippen LogP contribution is -2.22. The van der Waals surface area contributed by atoms with E-state index in [1.54, 1.807) is 25.3 Å². The van der Waals surface area contributed by atoms with Crippen molar-refractivity contribution in [3.8, 4) is 11.5 Å². The van der Waals surface area contributed by atoms with Crippen molar-refractivity contribution in [1.29, 1.82) is 0 Å². The smallest absolute Gasteiger partial charge is 0.120 e. The highest BCUT2D eigenvalue weighted by molar-refractivity contribution is 6.35. The van der Waals surface area contributed by atoms with Crippen LogP contribution >= 0.6 is 23.2 Å². The largest absolute Gasteiger partial charge is 0.497 e. The third-order valence-electron chi connectivity index (χ3n) is 2.91. The molecule has 2 aromatic carbocycles. The van der Waals surface area contributed by atoms with Crippen molar-refractivity contribution in [2.24, 2.45) is 0 Å². The summed E-state index contributed by atoms with van der Waals surface area (Å²) in [6.45, 7) is 2.60. The van der Waals surface area contributed by atoms with E-state index in [4.69, 9.17) is 32.7 Å². The van der Waals surface area contributed by atoms with Crippen LogP contribution in [0.4, 0.5) is 5.69 Å². The summed E-state index contributed by atoms with van der Waals surface area (Å²) in [6, 6.07) is 12.8. The highest BCUT2D eigenvalue weighted by Crippen LogP contribution is 2.25. The first-order valence-electron chi connectivity index (χ1n) is 6.58. The molecule has 0 aliphatic carbocycles. The van der Waals surface area contributed by atoms with E-state index in [2.05, 4.69) is 5.32 Å². The van der Waals surface area contributed by atoms with Gasteiger partial charge >= 0.3 is 0 Å². The van der Waals surface area contributed by atoms with Crippen LogP contribution in [0.1, 0.15) is 6.92 Å². The Labute approximate surface area is 134 Å². The van der Waals surface area contributed by atoms with Crippen LogP contribution in [-0.4, -0.2) is 19.8 Å². The maximum absolute atomic E-state index is 6.10. The summed E-state index contributed by atoms with van der Waals surface area (Å²) in [4.78, 5) is 0. The molecule has 2 rings (SSSR count). The molecule has 1 N–H and O–H groups in total. The Kier molecular flexibility index (Phi) is 5.59. The van der Waals surface area contributed by atoms with Crippen molar-refractivity contribution >= 4 is 28.9 Å². The molecular weight excluding hydrogens is 309 g/mol. The lowest BCUT2D eigenvalue weighted by Gasteiger charge is -2.17. The number of anilines is 1. The van der Waals surface area contributed by atoms with Crippen LogP contribution in [0.25, 0.3) is 0 Å². The molecule has 0 aliphatic rings. The highest BCUT2D eigenvalue weighted by atomic mass is 35.5. The monoisotopic (exact) mass is 325 g/mol. The molecule has 21 heavy (non-hydrogen) atoms. The van der Waals surface area contributed by atoms with E-state index in [-0.39, 0.29) is 6.10 Å². The van der Waals surface area contributed by atoms with Crippen LogP contribution in [0.3, 0.4) is 0 Å². The Balaban J connectivity index is 1.89. The zero-order chi connectivity index (χ0) is 15.2. The van der Waals surface area contributed by atoms with Crippen LogP contribution in [0.5, 0.6) is 11.5 Å². The molecule has 0 spiro atoms. The maximum Gasteiger partial charge on any atom is 0.120 e. The fourth-order valence-electron chi connectivity index (χ4n) is 1.81. The van der Waals surface area contributed by atoms with Crippen LogP contribution in [0.2, 0.25) is 10.0 Å². The second kappa shape index (κ2) is 7.43. The molecule has 0 saturated carbocycles. The van der Waals surface area contributed by atoms with Gasteiger partial charge in [-0.1, -0.05) is 23.2 Å². The first-order valence-corrected chi connectivity index (χ1v) is 7.33. The molecule has 0 aromatic heterocycles. The Hall–Kier alpha value is -1.58. The Morgan fingerprint density at radius 2 is 1.71 bits per heavy atom. The summed E-state index contributed by atoms with van der Waals surface area (Å²) in [7, 11) is 1.64. The third kappa shape index (κ3) is 4.73. The van der Waals surface area contributed by atoms with Crippen molar-refractivity contribution in [1.82, 2.24) is 0 Å². The predicted octanol–water partition coefficient (Wildman–Crippen LogP) is 4.88. The first-order chi connectivity index (χ1) is 10.1. The van der Waals surface area contributed by atoms with E-state index in [9.17, 15) is 0 Å². The van der Waals surface area contributed by atoms with Crippen molar-refractivity contribution in [3.63, 3.8) is 0 Å². The van der Waals surface area contributed by atoms with Gasteiger partial charge in [0.25, 0.3) is 0 Å². The minimum absolute atomic E-state index is 0.0200. The van der Waals surface area contributed by atoms with Gasteiger partial charge in [-0.2, -0.15) is 0 Å². The van der Waals surface area contributed by atoms with Gasteiger partial charge in [0.2, 0.25) is 0 Å². The zero-order valence-corrected chi connectivity index (χ0v) is 13.4. The normalized spacial score (nSPS) is 11.8. The fraction of sp³-hybridized carbons (Fsp3) is 0.250. The summed E-state index contributed by atoms with van der Waals surface area (Å²) in [5.41, 5.74) is 0.800. The molecule has 0 saturated heterocycles. The number of hydrogen-bond donors (Lipinski definition) is 1. The van der Waals surface area contributed by atoms with Gasteiger partial charge in [-0.15, -0.1) is 0 Å². The van der Waals surface area contributed by atoms with Crippen LogP contribution < -0.4 is 14.8 Å². The number of ether oxygens (including phenoxy) is 2. The molecular formula is C16H17Cl2NO2. The average Bonchev–Trinajstić information content (AvgIpc) is 2.49. The van der Waals surface area contributed by atoms with Crippen LogP contribution in [0, 0.1) is 0 Å². The molecule has 3 nitrogen and oxygen atoms in total. The molecule has 1 unspecified atom stereocenters. The topological polar surface area (TPSA) is 30.5 Å². The van der Waals surface area contributed by atoms with Crippen molar-refractivity contribution < 1.29 is 9.47 Å². The van der Waals surface area contributed by atoms with Gasteiger partial charge < -0.3 is 14.8 Å². The SMILES string of the molecule is COc1ccc(OC(C)CNc2cc(Cl)ccc2Cl)cc1. The fourth-order valence-corrected chi connectivity index (χ4v) is 2.17. The molecule has 0 bridgehead atoms. The lowest BCUT2D eigenvalue weighted by atomic mass is 10.3. The third-order valence-corrected chi connectivity index (χ3v) is 3.47. The summed E-state index contributed by atoms with van der Waals surface area (Å²) in [5.74, 6) is 1.60. The number of methoxy groups -OCH3 is 1. The number of halogens is 2. The number of benzene rings is 2. The van der Waals surface area contributed by atoms with Gasteiger partial charge in [-0.05, 0) is 49.4 Å². The van der Waals surface area contributed by atoms with Gasteiger partial charge in [0.1, 0.15) is 17.6 Å². The minimum Gasteiger partial charge on any atom is -0.497 e. The predicted molar refractivity (Wildman–Crippen MR) is 88.0 cm³/mol. The number of nitrogens with one attached hydrogen (secondary N) is 1. The second-order valence-electron chi connectivity index (χ2n) is 4.61. The van der Waals surface area contributed by atoms with E-state index in [1.807, 2.05) is 31.2 Å². The average molecular weight is 326 g/mol. The van der Waals surface area contributed by atoms with Gasteiger partial charge in [0, 0.05) is 5.02 Å². The van der Waals surface area contributed by atoms with Gasteiger partial charge in [-0.3, -0.25) is 0 Å². The molecule has 112 valence electrons. The Bertz CT molecular complexity index is 587. The van der Waals surface area contributed by atoms with Gasteiger partial charge in [-0.25, -0.2) is 0 Å². The number of hydrogen-bond acceptors (Lipinski definition) is 3. The molecule has 0 fully saturated rings. The molecule has 5 heteroatoms. The Morgan fingerprint density at radius 3 is 2.38 bits per heavy atom. The van der Waals surface area contributed by atoms with Crippen LogP contribution in [0.15, 0.2) is 42.5 Å². The van der Waals surface area contributed by atoms with Crippen molar-refractivity contribution in [2.45, 2.75) is 13.0 Å². The standard InChI is InChI=1S/C16H17Cl2NO2/c1-11(21-14-6-4-13(20-2)5-7-14)10-19-16-9-12(17)3-8-15(16)18/h3-9,11,19H,10H2,1-2H3. The Morgan fingerprint density at radius 1 is 1.05 bits per heavy atom. The minimum atomic E-state index is -0.0200. The van der Waals surface area contributed by atoms with E-state index >= 15 is 0 Å². The van der Waals surface area contributed by atoms with Gasteiger partial charge in [0.05, 0.1) is 24.4 Å². The van der Waals surface area contributed by atoms with Crippen molar-refractivity contribution in [2.75, 3.05) is 19.0 Å². The van der Waals surface area contributed by atoms with E-state index in [1.165, 1.54) is 0 Å². The second-order valence-corrected chi connectivity index (χ2v) is 5.45. The van der Waals surface area contributed by atoms with Gasteiger partial charge in [0.15, 0.2) is 0 Å². The number of rotatable bonds is 6. The molecule has 0 aliphatic heterocycles. The molecule has 0 heterocycles. The molecule has 0 radical (unpaired) electrons. The summed E-state index contributed by atoms with van der Waals surface area (Å²) < 4.78 is 10.9. The van der Waals surface area contributed by atoms with E-state index in [0.717, 1.165) is 17.2 Å². The molecule has 0 amide bonds. The molecule has 1 atom stereocenters. The van der Waals surface area contributed by atoms with Crippen molar-refractivity contribution in [3.05, 3.63) is 52.5 Å². The first kappa shape index (κ1) is 15.8.